The van der Waals surface area contributed by atoms with Gasteiger partial charge in [0, 0.05) is 12.3 Å². The van der Waals surface area contributed by atoms with Crippen LogP contribution in [-0.2, 0) is 23.8 Å². The minimum atomic E-state index is -1.29. The van der Waals surface area contributed by atoms with Gasteiger partial charge in [-0.05, 0) is 12.8 Å². The van der Waals surface area contributed by atoms with Gasteiger partial charge in [0.15, 0.2) is 6.10 Å². The molecule has 6 heteroatoms. The number of aliphatic hydroxyl groups is 1. The maximum atomic E-state index is 12.4. The first-order chi connectivity index (χ1) is 9.79. The number of epoxide rings is 1. The van der Waals surface area contributed by atoms with Crippen LogP contribution in [0.3, 0.4) is 0 Å². The Morgan fingerprint density at radius 2 is 2.00 bits per heavy atom. The summed E-state index contributed by atoms with van der Waals surface area (Å²) in [5.41, 5.74) is -3.24. The molecular weight excluding hydrogens is 276 g/mol. The monoisotopic (exact) mass is 294 g/mol. The van der Waals surface area contributed by atoms with Crippen molar-refractivity contribution < 1.29 is 28.9 Å². The van der Waals surface area contributed by atoms with Gasteiger partial charge in [-0.2, -0.15) is 0 Å². The van der Waals surface area contributed by atoms with Crippen molar-refractivity contribution in [2.24, 2.45) is 23.2 Å². The van der Waals surface area contributed by atoms with Gasteiger partial charge in [-0.15, -0.1) is 0 Å². The maximum absolute atomic E-state index is 12.4. The van der Waals surface area contributed by atoms with Crippen LogP contribution in [0.5, 0.6) is 0 Å². The van der Waals surface area contributed by atoms with Crippen LogP contribution in [0.15, 0.2) is 0 Å². The number of carbonyl (C=O) groups is 2. The van der Waals surface area contributed by atoms with Crippen LogP contribution in [0.1, 0.15) is 27.2 Å². The quantitative estimate of drug-likeness (QED) is 0.542. The summed E-state index contributed by atoms with van der Waals surface area (Å²) in [5, 5.41) is 11.4. The highest BCUT2D eigenvalue weighted by Crippen LogP contribution is 2.76. The van der Waals surface area contributed by atoms with Gasteiger partial charge in [0.05, 0.1) is 16.9 Å². The third-order valence-corrected chi connectivity index (χ3v) is 6.85. The number of esters is 2. The zero-order valence-corrected chi connectivity index (χ0v) is 12.2. The van der Waals surface area contributed by atoms with Crippen LogP contribution in [0.25, 0.3) is 0 Å². The Hall–Kier alpha value is -1.14. The standard InChI is InChI=1S/C15H18O6/c1-5(2)7-8-11(16)19-9(7)10-13(3)14(8,18)4-6-15(13,21-6)12(17)20-10/h5-10,18H,4H2,1-3H3/t6-,7+,8+,9+,10?,13-,14-,15+/m1/s1. The number of carbonyl (C=O) groups excluding carboxylic acids is 2. The number of hydrogen-bond donors (Lipinski definition) is 1. The van der Waals surface area contributed by atoms with Crippen molar-refractivity contribution in [2.75, 3.05) is 0 Å². The number of fused-ring (bicyclic) bond motifs is 4. The molecule has 3 aliphatic heterocycles. The second-order valence-corrected chi connectivity index (χ2v) is 7.70. The lowest BCUT2D eigenvalue weighted by molar-refractivity contribution is -0.205. The van der Waals surface area contributed by atoms with Crippen molar-refractivity contribution in [3.05, 3.63) is 0 Å². The molecule has 1 N–H and O–H groups in total. The topological polar surface area (TPSA) is 85.4 Å². The van der Waals surface area contributed by atoms with E-state index in [0.29, 0.717) is 6.42 Å². The van der Waals surface area contributed by atoms with Crippen LogP contribution >= 0.6 is 0 Å². The molecule has 2 saturated carbocycles. The molecule has 5 aliphatic rings. The van der Waals surface area contributed by atoms with Crippen molar-refractivity contribution in [2.45, 2.75) is 56.7 Å². The Kier molecular flexibility index (Phi) is 1.77. The SMILES string of the molecule is CC(C)[C@@H]1[C@@H]2OC(=O)[C@H]1[C@]1(O)C[C@H]3O[C@]34C(=O)OC2[C@]14C. The second kappa shape index (κ2) is 2.99. The number of hydrogen-bond acceptors (Lipinski definition) is 6. The molecule has 0 aromatic rings. The molecule has 0 aromatic carbocycles. The van der Waals surface area contributed by atoms with E-state index in [4.69, 9.17) is 14.2 Å². The molecule has 21 heavy (non-hydrogen) atoms. The first kappa shape index (κ1) is 12.4. The van der Waals surface area contributed by atoms with E-state index in [-0.39, 0.29) is 23.9 Å². The Balaban J connectivity index is 1.76. The predicted molar refractivity (Wildman–Crippen MR) is 66.9 cm³/mol. The van der Waals surface area contributed by atoms with Crippen molar-refractivity contribution in [3.63, 3.8) is 0 Å². The summed E-state index contributed by atoms with van der Waals surface area (Å²) in [6.45, 7) is 5.85. The zero-order chi connectivity index (χ0) is 14.9. The number of rotatable bonds is 1. The summed E-state index contributed by atoms with van der Waals surface area (Å²) in [5.74, 6) is -1.31. The summed E-state index contributed by atoms with van der Waals surface area (Å²) < 4.78 is 16.7. The van der Waals surface area contributed by atoms with E-state index in [1.54, 1.807) is 0 Å². The Labute approximate surface area is 121 Å². The zero-order valence-electron chi connectivity index (χ0n) is 12.2. The van der Waals surface area contributed by atoms with Gasteiger partial charge in [0.1, 0.15) is 12.2 Å². The molecule has 3 saturated heterocycles. The van der Waals surface area contributed by atoms with Crippen LogP contribution in [0, 0.1) is 23.2 Å². The molecule has 3 heterocycles. The summed E-state index contributed by atoms with van der Waals surface area (Å²) in [6.07, 6.45) is -1.10. The third kappa shape index (κ3) is 0.908. The van der Waals surface area contributed by atoms with Gasteiger partial charge in [-0.3, -0.25) is 4.79 Å². The molecule has 5 rings (SSSR count). The molecular formula is C15H18O6. The van der Waals surface area contributed by atoms with E-state index in [1.807, 2.05) is 20.8 Å². The highest BCUT2D eigenvalue weighted by Gasteiger charge is 2.95. The fourth-order valence-corrected chi connectivity index (χ4v) is 5.84. The maximum Gasteiger partial charge on any atom is 0.342 e. The minimum Gasteiger partial charge on any atom is -0.458 e. The van der Waals surface area contributed by atoms with Crippen molar-refractivity contribution in [1.82, 2.24) is 0 Å². The summed E-state index contributed by atoms with van der Waals surface area (Å²) >= 11 is 0. The molecule has 0 aromatic heterocycles. The van der Waals surface area contributed by atoms with Gasteiger partial charge >= 0.3 is 11.9 Å². The lowest BCUT2D eigenvalue weighted by Crippen LogP contribution is -2.66. The molecule has 8 atom stereocenters. The van der Waals surface area contributed by atoms with Gasteiger partial charge in [-0.1, -0.05) is 13.8 Å². The van der Waals surface area contributed by atoms with E-state index in [9.17, 15) is 14.7 Å². The van der Waals surface area contributed by atoms with Gasteiger partial charge in [-0.25, -0.2) is 4.79 Å². The van der Waals surface area contributed by atoms with E-state index in [0.717, 1.165) is 0 Å². The Morgan fingerprint density at radius 1 is 1.29 bits per heavy atom. The van der Waals surface area contributed by atoms with Crippen molar-refractivity contribution in [3.8, 4) is 0 Å². The molecule has 5 fully saturated rings. The summed E-state index contributed by atoms with van der Waals surface area (Å²) in [6, 6.07) is 0. The first-order valence-electron chi connectivity index (χ1n) is 7.61. The van der Waals surface area contributed by atoms with E-state index >= 15 is 0 Å². The molecule has 0 amide bonds. The molecule has 6 nitrogen and oxygen atoms in total. The summed E-state index contributed by atoms with van der Waals surface area (Å²) in [7, 11) is 0. The van der Waals surface area contributed by atoms with E-state index < -0.39 is 40.7 Å². The predicted octanol–water partition coefficient (Wildman–Crippen LogP) is 0.0179. The van der Waals surface area contributed by atoms with E-state index in [1.165, 1.54) is 0 Å². The highest BCUT2D eigenvalue weighted by molar-refractivity contribution is 5.91. The van der Waals surface area contributed by atoms with Gasteiger partial charge in [0.25, 0.3) is 0 Å². The van der Waals surface area contributed by atoms with Crippen LogP contribution < -0.4 is 0 Å². The fraction of sp³-hybridized carbons (Fsp3) is 0.867. The molecule has 2 aliphatic carbocycles. The molecule has 1 spiro atoms. The second-order valence-electron chi connectivity index (χ2n) is 7.70. The molecule has 2 bridgehead atoms. The smallest absolute Gasteiger partial charge is 0.342 e. The minimum absolute atomic E-state index is 0.124. The van der Waals surface area contributed by atoms with Crippen molar-refractivity contribution >= 4 is 11.9 Å². The first-order valence-corrected chi connectivity index (χ1v) is 7.61. The van der Waals surface area contributed by atoms with Gasteiger partial charge < -0.3 is 19.3 Å². The molecule has 0 radical (unpaired) electrons. The fourth-order valence-electron chi connectivity index (χ4n) is 5.84. The summed E-state index contributed by atoms with van der Waals surface area (Å²) in [4.78, 5) is 24.7. The molecule has 1 unspecified atom stereocenters. The average Bonchev–Trinajstić information content (AvgIpc) is 2.86. The van der Waals surface area contributed by atoms with Gasteiger partial charge in [0.2, 0.25) is 5.60 Å². The van der Waals surface area contributed by atoms with Crippen LogP contribution in [-0.4, -0.2) is 46.6 Å². The Bertz CT molecular complexity index is 601. The van der Waals surface area contributed by atoms with Crippen LogP contribution in [0.4, 0.5) is 0 Å². The lowest BCUT2D eigenvalue weighted by atomic mass is 9.52. The van der Waals surface area contributed by atoms with Crippen molar-refractivity contribution in [1.29, 1.82) is 0 Å². The van der Waals surface area contributed by atoms with E-state index in [2.05, 4.69) is 0 Å². The lowest BCUT2D eigenvalue weighted by Gasteiger charge is -2.51. The number of ether oxygens (including phenoxy) is 3. The normalized spacial score (nSPS) is 62.4. The largest absolute Gasteiger partial charge is 0.458 e. The third-order valence-electron chi connectivity index (χ3n) is 6.85. The highest BCUT2D eigenvalue weighted by atomic mass is 16.7. The molecule has 114 valence electrons. The van der Waals surface area contributed by atoms with Crippen LogP contribution in [0.2, 0.25) is 0 Å². The Morgan fingerprint density at radius 3 is 2.67 bits per heavy atom. The average molecular weight is 294 g/mol.